The van der Waals surface area contributed by atoms with Crippen molar-refractivity contribution in [2.75, 3.05) is 27.7 Å². The largest absolute Gasteiger partial charge is 0.349 e. The zero-order valence-electron chi connectivity index (χ0n) is 9.54. The van der Waals surface area contributed by atoms with E-state index in [0.29, 0.717) is 12.3 Å². The van der Waals surface area contributed by atoms with E-state index < -0.39 is 0 Å². The van der Waals surface area contributed by atoms with Gasteiger partial charge in [0, 0.05) is 40.5 Å². The molecule has 0 aromatic carbocycles. The number of carbonyl (C=O) groups is 2. The van der Waals surface area contributed by atoms with Gasteiger partial charge in [-0.25, -0.2) is 0 Å². The highest BCUT2D eigenvalue weighted by atomic mass is 16.2. The fraction of sp³-hybridized carbons (Fsp3) is 0.800. The van der Waals surface area contributed by atoms with Gasteiger partial charge in [0.05, 0.1) is 0 Å². The van der Waals surface area contributed by atoms with Gasteiger partial charge >= 0.3 is 0 Å². The Hall–Kier alpha value is -1.06. The van der Waals surface area contributed by atoms with Crippen molar-refractivity contribution in [1.29, 1.82) is 0 Å². The minimum atomic E-state index is 0.181. The Labute approximate surface area is 85.9 Å². The van der Waals surface area contributed by atoms with Crippen LogP contribution in [0.2, 0.25) is 0 Å². The summed E-state index contributed by atoms with van der Waals surface area (Å²) in [5, 5.41) is 0. The van der Waals surface area contributed by atoms with Crippen LogP contribution in [0.3, 0.4) is 0 Å². The first-order valence-corrected chi connectivity index (χ1v) is 4.93. The summed E-state index contributed by atoms with van der Waals surface area (Å²) in [5.41, 5.74) is 0. The fourth-order valence-corrected chi connectivity index (χ4v) is 1.10. The average molecular weight is 200 g/mol. The molecule has 1 aliphatic rings. The summed E-state index contributed by atoms with van der Waals surface area (Å²) in [4.78, 5) is 24.3. The lowest BCUT2D eigenvalue weighted by atomic mass is 10.4. The topological polar surface area (TPSA) is 40.6 Å². The first-order valence-electron chi connectivity index (χ1n) is 4.93. The Bertz CT molecular complexity index is 200. The minimum Gasteiger partial charge on any atom is -0.349 e. The normalized spacial score (nSPS) is 14.9. The molecule has 0 bridgehead atoms. The monoisotopic (exact) mass is 200 g/mol. The maximum absolute atomic E-state index is 10.5. The molecule has 1 aliphatic heterocycles. The molecule has 14 heavy (non-hydrogen) atoms. The summed E-state index contributed by atoms with van der Waals surface area (Å²) < 4.78 is 0. The highest BCUT2D eigenvalue weighted by molar-refractivity contribution is 5.77. The predicted octanol–water partition coefficient (Wildman–Crippen LogP) is 0.723. The molecule has 0 unspecified atom stereocenters. The third-order valence-corrected chi connectivity index (χ3v) is 2.11. The average Bonchev–Trinajstić information content (AvgIpc) is 2.50. The third-order valence-electron chi connectivity index (χ3n) is 2.11. The minimum absolute atomic E-state index is 0.181. The molecule has 0 aromatic heterocycles. The van der Waals surface area contributed by atoms with Crippen LogP contribution in [0.5, 0.6) is 0 Å². The quantitative estimate of drug-likeness (QED) is 0.626. The number of hydrogen-bond acceptors (Lipinski definition) is 2. The molecule has 1 heterocycles. The number of nitrogens with zero attached hydrogens (tertiary/aromatic N) is 2. The van der Waals surface area contributed by atoms with E-state index in [-0.39, 0.29) is 5.91 Å². The summed E-state index contributed by atoms with van der Waals surface area (Å²) >= 11 is 0. The molecule has 0 saturated carbocycles. The molecule has 1 fully saturated rings. The van der Waals surface area contributed by atoms with Crippen molar-refractivity contribution in [3.05, 3.63) is 0 Å². The van der Waals surface area contributed by atoms with Crippen molar-refractivity contribution >= 4 is 11.8 Å². The van der Waals surface area contributed by atoms with E-state index in [1.807, 2.05) is 14.0 Å². The number of amides is 2. The second-order valence-electron chi connectivity index (χ2n) is 3.56. The molecule has 0 atom stereocenters. The Morgan fingerprint density at radius 1 is 1.50 bits per heavy atom. The Morgan fingerprint density at radius 2 is 2.07 bits per heavy atom. The van der Waals surface area contributed by atoms with Crippen LogP contribution in [-0.2, 0) is 9.59 Å². The number of rotatable bonds is 1. The van der Waals surface area contributed by atoms with E-state index in [4.69, 9.17) is 0 Å². The lowest BCUT2D eigenvalue weighted by Gasteiger charge is -2.05. The van der Waals surface area contributed by atoms with Crippen LogP contribution >= 0.6 is 0 Å². The molecule has 4 heteroatoms. The highest BCUT2D eigenvalue weighted by Gasteiger charge is 2.14. The van der Waals surface area contributed by atoms with E-state index in [2.05, 4.69) is 0 Å². The fourth-order valence-electron chi connectivity index (χ4n) is 1.10. The van der Waals surface area contributed by atoms with Gasteiger partial charge in [0.1, 0.15) is 0 Å². The lowest BCUT2D eigenvalue weighted by molar-refractivity contribution is -0.128. The smallest absolute Gasteiger partial charge is 0.222 e. The van der Waals surface area contributed by atoms with Gasteiger partial charge in [-0.1, -0.05) is 6.92 Å². The van der Waals surface area contributed by atoms with Gasteiger partial charge in [-0.2, -0.15) is 0 Å². The summed E-state index contributed by atoms with van der Waals surface area (Å²) in [5.74, 6) is 0.472. The zero-order chi connectivity index (χ0) is 11.1. The van der Waals surface area contributed by atoms with Crippen LogP contribution in [0.25, 0.3) is 0 Å². The third kappa shape index (κ3) is 4.84. The van der Waals surface area contributed by atoms with Crippen molar-refractivity contribution in [2.45, 2.75) is 26.2 Å². The second-order valence-corrected chi connectivity index (χ2v) is 3.56. The first-order chi connectivity index (χ1) is 6.49. The van der Waals surface area contributed by atoms with Crippen LogP contribution in [0.4, 0.5) is 0 Å². The number of carbonyl (C=O) groups excluding carboxylic acids is 2. The summed E-state index contributed by atoms with van der Waals surface area (Å²) in [6.45, 7) is 2.81. The van der Waals surface area contributed by atoms with Gasteiger partial charge in [-0.3, -0.25) is 9.59 Å². The SMILES string of the molecule is CCC(=O)N(C)C.CN1CCCC1=O. The van der Waals surface area contributed by atoms with Crippen molar-refractivity contribution in [3.8, 4) is 0 Å². The van der Waals surface area contributed by atoms with E-state index in [0.717, 1.165) is 19.4 Å². The number of likely N-dealkylation sites (tertiary alicyclic amines) is 1. The highest BCUT2D eigenvalue weighted by Crippen LogP contribution is 2.04. The van der Waals surface area contributed by atoms with Gasteiger partial charge in [-0.05, 0) is 6.42 Å². The molecule has 1 saturated heterocycles. The van der Waals surface area contributed by atoms with Gasteiger partial charge in [0.15, 0.2) is 0 Å². The van der Waals surface area contributed by atoms with E-state index in [1.54, 1.807) is 23.9 Å². The molecule has 2 amide bonds. The van der Waals surface area contributed by atoms with Crippen LogP contribution in [0.15, 0.2) is 0 Å². The summed E-state index contributed by atoms with van der Waals surface area (Å²) in [7, 11) is 5.35. The van der Waals surface area contributed by atoms with Crippen LogP contribution in [-0.4, -0.2) is 49.3 Å². The molecule has 4 nitrogen and oxygen atoms in total. The Balaban J connectivity index is 0.000000241. The summed E-state index contributed by atoms with van der Waals surface area (Å²) in [6, 6.07) is 0. The molecule has 0 N–H and O–H groups in total. The van der Waals surface area contributed by atoms with Gasteiger partial charge < -0.3 is 9.80 Å². The molecular formula is C10H20N2O2. The van der Waals surface area contributed by atoms with Crippen molar-refractivity contribution in [2.24, 2.45) is 0 Å². The number of hydrogen-bond donors (Lipinski definition) is 0. The van der Waals surface area contributed by atoms with Gasteiger partial charge in [0.25, 0.3) is 0 Å². The van der Waals surface area contributed by atoms with Gasteiger partial charge in [0.2, 0.25) is 11.8 Å². The molecule has 0 aromatic rings. The van der Waals surface area contributed by atoms with Crippen molar-refractivity contribution < 1.29 is 9.59 Å². The molecule has 82 valence electrons. The van der Waals surface area contributed by atoms with Crippen LogP contribution in [0, 0.1) is 0 Å². The molecule has 1 rings (SSSR count). The van der Waals surface area contributed by atoms with E-state index >= 15 is 0 Å². The molecule has 0 spiro atoms. The molecule has 0 aliphatic carbocycles. The molecule has 0 radical (unpaired) electrons. The lowest BCUT2D eigenvalue weighted by Crippen LogP contribution is -2.19. The maximum atomic E-state index is 10.5. The Morgan fingerprint density at radius 3 is 2.14 bits per heavy atom. The predicted molar refractivity (Wildman–Crippen MR) is 55.9 cm³/mol. The molecular weight excluding hydrogens is 180 g/mol. The van der Waals surface area contributed by atoms with Gasteiger partial charge in [-0.15, -0.1) is 0 Å². The first kappa shape index (κ1) is 12.9. The Kier molecular flexibility index (Phi) is 5.92. The van der Waals surface area contributed by atoms with E-state index in [9.17, 15) is 9.59 Å². The zero-order valence-corrected chi connectivity index (χ0v) is 9.54. The summed E-state index contributed by atoms with van der Waals surface area (Å²) in [6.07, 6.45) is 2.42. The van der Waals surface area contributed by atoms with Crippen molar-refractivity contribution in [1.82, 2.24) is 9.80 Å². The van der Waals surface area contributed by atoms with Crippen molar-refractivity contribution in [3.63, 3.8) is 0 Å². The standard InChI is InChI=1S/C5H9NO.C5H11NO/c1-6-4-2-3-5(6)7;1-4-5(7)6(2)3/h2-4H2,1H3;4H2,1-3H3. The van der Waals surface area contributed by atoms with Crippen LogP contribution < -0.4 is 0 Å². The maximum Gasteiger partial charge on any atom is 0.222 e. The van der Waals surface area contributed by atoms with Crippen LogP contribution in [0.1, 0.15) is 26.2 Å². The van der Waals surface area contributed by atoms with E-state index in [1.165, 1.54) is 0 Å². The second kappa shape index (κ2) is 6.40.